The highest BCUT2D eigenvalue weighted by Crippen LogP contribution is 2.24. The van der Waals surface area contributed by atoms with Gasteiger partial charge < -0.3 is 18.9 Å². The molecule has 0 heterocycles. The van der Waals surface area contributed by atoms with E-state index in [2.05, 4.69) is 9.47 Å². The highest BCUT2D eigenvalue weighted by Gasteiger charge is 2.43. The molecule has 0 unspecified atom stereocenters. The van der Waals surface area contributed by atoms with E-state index in [-0.39, 0.29) is 6.42 Å². The summed E-state index contributed by atoms with van der Waals surface area (Å²) >= 11 is 0. The lowest BCUT2D eigenvalue weighted by atomic mass is 10.0. The molecule has 0 aliphatic rings. The fourth-order valence-electron chi connectivity index (χ4n) is 1.34. The summed E-state index contributed by atoms with van der Waals surface area (Å²) in [6, 6.07) is 0. The third-order valence-electron chi connectivity index (χ3n) is 2.33. The molecule has 0 saturated heterocycles. The lowest BCUT2D eigenvalue weighted by molar-refractivity contribution is -0.234. The van der Waals surface area contributed by atoms with Gasteiger partial charge in [-0.25, -0.2) is 4.79 Å². The van der Waals surface area contributed by atoms with Crippen molar-refractivity contribution in [3.05, 3.63) is 0 Å². The first-order valence-corrected chi connectivity index (χ1v) is 4.74. The zero-order chi connectivity index (χ0) is 12.8. The fraction of sp³-hybridized carbons (Fsp3) is 0.800. The van der Waals surface area contributed by atoms with Crippen molar-refractivity contribution in [1.29, 1.82) is 0 Å². The topological polar surface area (TPSA) is 71.1 Å². The molecule has 0 N–H and O–H groups in total. The van der Waals surface area contributed by atoms with Gasteiger partial charge in [0.05, 0.1) is 20.1 Å². The van der Waals surface area contributed by atoms with Gasteiger partial charge in [0.2, 0.25) is 0 Å². The van der Waals surface area contributed by atoms with Gasteiger partial charge in [-0.05, 0) is 0 Å². The van der Waals surface area contributed by atoms with E-state index in [0.29, 0.717) is 0 Å². The van der Waals surface area contributed by atoms with Crippen molar-refractivity contribution < 1.29 is 28.5 Å². The summed E-state index contributed by atoms with van der Waals surface area (Å²) < 4.78 is 19.1. The van der Waals surface area contributed by atoms with Gasteiger partial charge in [0.15, 0.2) is 0 Å². The number of rotatable bonds is 6. The molecule has 1 atom stereocenters. The molecule has 16 heavy (non-hydrogen) atoms. The van der Waals surface area contributed by atoms with Crippen LogP contribution in [0, 0.1) is 5.92 Å². The minimum atomic E-state index is -1.57. The zero-order valence-electron chi connectivity index (χ0n) is 10.2. The molecule has 0 bridgehead atoms. The molecule has 0 saturated carbocycles. The van der Waals surface area contributed by atoms with E-state index in [0.717, 1.165) is 0 Å². The van der Waals surface area contributed by atoms with Crippen molar-refractivity contribution in [3.63, 3.8) is 0 Å². The highest BCUT2D eigenvalue weighted by molar-refractivity contribution is 5.79. The van der Waals surface area contributed by atoms with Crippen LogP contribution in [-0.4, -0.2) is 46.2 Å². The van der Waals surface area contributed by atoms with Crippen molar-refractivity contribution in [2.45, 2.75) is 19.1 Å². The third kappa shape index (κ3) is 3.18. The second-order valence-corrected chi connectivity index (χ2v) is 3.28. The lowest BCUT2D eigenvalue weighted by Gasteiger charge is -2.29. The standard InChI is InChI=1S/C10H18O6/c1-7(8(11)13-2)6-10(15-4,16-5)9(12)14-3/h7H,6H2,1-5H3/t7-/m1/s1. The first-order chi connectivity index (χ1) is 7.47. The Kier molecular flexibility index (Phi) is 5.98. The molecule has 0 fully saturated rings. The maximum Gasteiger partial charge on any atom is 0.366 e. The Labute approximate surface area is 94.8 Å². The van der Waals surface area contributed by atoms with Gasteiger partial charge in [0.1, 0.15) is 0 Å². The van der Waals surface area contributed by atoms with Gasteiger partial charge in [-0.1, -0.05) is 6.92 Å². The fourth-order valence-corrected chi connectivity index (χ4v) is 1.34. The molecule has 0 aromatic carbocycles. The molecule has 0 aliphatic heterocycles. The van der Waals surface area contributed by atoms with E-state index in [1.54, 1.807) is 6.92 Å². The molecule has 0 spiro atoms. The van der Waals surface area contributed by atoms with Crippen molar-refractivity contribution in [1.82, 2.24) is 0 Å². The minimum absolute atomic E-state index is 0.0271. The van der Waals surface area contributed by atoms with E-state index in [9.17, 15) is 9.59 Å². The number of esters is 2. The molecular formula is C10H18O6. The molecule has 0 aromatic rings. The Hall–Kier alpha value is -1.14. The van der Waals surface area contributed by atoms with Crippen molar-refractivity contribution in [2.75, 3.05) is 28.4 Å². The van der Waals surface area contributed by atoms with Crippen LogP contribution in [0.3, 0.4) is 0 Å². The number of ether oxygens (including phenoxy) is 4. The van der Waals surface area contributed by atoms with E-state index < -0.39 is 23.6 Å². The normalized spacial score (nSPS) is 13.1. The van der Waals surface area contributed by atoms with E-state index >= 15 is 0 Å². The average molecular weight is 234 g/mol. The first kappa shape index (κ1) is 14.9. The van der Waals surface area contributed by atoms with E-state index in [4.69, 9.17) is 9.47 Å². The summed E-state index contributed by atoms with van der Waals surface area (Å²) in [5.41, 5.74) is 0. The average Bonchev–Trinajstić information content (AvgIpc) is 2.33. The Balaban J connectivity index is 4.80. The molecule has 0 rings (SSSR count). The summed E-state index contributed by atoms with van der Waals surface area (Å²) in [4.78, 5) is 22.8. The van der Waals surface area contributed by atoms with Crippen LogP contribution in [0.15, 0.2) is 0 Å². The zero-order valence-corrected chi connectivity index (χ0v) is 10.2. The molecular weight excluding hydrogens is 216 g/mol. The monoisotopic (exact) mass is 234 g/mol. The summed E-state index contributed by atoms with van der Waals surface area (Å²) in [6.07, 6.45) is 0.0271. The Bertz CT molecular complexity index is 246. The number of hydrogen-bond acceptors (Lipinski definition) is 6. The summed E-state index contributed by atoms with van der Waals surface area (Å²) in [6.45, 7) is 1.61. The van der Waals surface area contributed by atoms with Crippen molar-refractivity contribution >= 4 is 11.9 Å². The second-order valence-electron chi connectivity index (χ2n) is 3.28. The summed E-state index contributed by atoms with van der Waals surface area (Å²) in [5, 5.41) is 0. The quantitative estimate of drug-likeness (QED) is 0.487. The largest absolute Gasteiger partial charge is 0.469 e. The maximum absolute atomic E-state index is 11.5. The van der Waals surface area contributed by atoms with Gasteiger partial charge >= 0.3 is 11.9 Å². The predicted molar refractivity (Wildman–Crippen MR) is 54.6 cm³/mol. The Morgan fingerprint density at radius 2 is 1.56 bits per heavy atom. The van der Waals surface area contributed by atoms with E-state index in [1.165, 1.54) is 28.4 Å². The third-order valence-corrected chi connectivity index (χ3v) is 2.33. The van der Waals surface area contributed by atoms with Crippen LogP contribution in [0.2, 0.25) is 0 Å². The number of carbonyl (C=O) groups excluding carboxylic acids is 2. The second kappa shape index (κ2) is 6.44. The maximum atomic E-state index is 11.5. The lowest BCUT2D eigenvalue weighted by Crippen LogP contribution is -2.46. The Morgan fingerprint density at radius 1 is 1.06 bits per heavy atom. The van der Waals surface area contributed by atoms with Crippen LogP contribution in [0.1, 0.15) is 13.3 Å². The van der Waals surface area contributed by atoms with E-state index in [1.807, 2.05) is 0 Å². The molecule has 6 nitrogen and oxygen atoms in total. The molecule has 6 heteroatoms. The number of carbonyl (C=O) groups is 2. The Morgan fingerprint density at radius 3 is 1.88 bits per heavy atom. The molecule has 0 aromatic heterocycles. The van der Waals surface area contributed by atoms with Crippen LogP contribution in [0.5, 0.6) is 0 Å². The van der Waals surface area contributed by atoms with Crippen LogP contribution in [-0.2, 0) is 28.5 Å². The van der Waals surface area contributed by atoms with Crippen molar-refractivity contribution in [3.8, 4) is 0 Å². The number of methoxy groups -OCH3 is 4. The smallest absolute Gasteiger partial charge is 0.366 e. The summed E-state index contributed by atoms with van der Waals surface area (Å²) in [5.74, 6) is -3.23. The SMILES string of the molecule is COC(=O)[C@H](C)CC(OC)(OC)C(=O)OC. The predicted octanol–water partition coefficient (Wildman–Crippen LogP) is 0.348. The molecule has 94 valence electrons. The highest BCUT2D eigenvalue weighted by atomic mass is 16.7. The van der Waals surface area contributed by atoms with Crippen LogP contribution in [0.4, 0.5) is 0 Å². The minimum Gasteiger partial charge on any atom is -0.469 e. The van der Waals surface area contributed by atoms with Gasteiger partial charge in [-0.3, -0.25) is 4.79 Å². The molecule has 0 aliphatic carbocycles. The molecule has 0 radical (unpaired) electrons. The van der Waals surface area contributed by atoms with Crippen molar-refractivity contribution in [2.24, 2.45) is 5.92 Å². The summed E-state index contributed by atoms with van der Waals surface area (Å²) in [7, 11) is 5.12. The van der Waals surface area contributed by atoms with Crippen LogP contribution in [0.25, 0.3) is 0 Å². The number of hydrogen-bond donors (Lipinski definition) is 0. The van der Waals surface area contributed by atoms with Gasteiger partial charge in [0, 0.05) is 20.6 Å². The van der Waals surface area contributed by atoms with Crippen LogP contribution < -0.4 is 0 Å². The first-order valence-electron chi connectivity index (χ1n) is 4.74. The molecule has 0 amide bonds. The van der Waals surface area contributed by atoms with Crippen LogP contribution >= 0.6 is 0 Å². The van der Waals surface area contributed by atoms with Gasteiger partial charge in [-0.2, -0.15) is 0 Å². The van der Waals surface area contributed by atoms with Gasteiger partial charge in [0.25, 0.3) is 5.79 Å². The van der Waals surface area contributed by atoms with Gasteiger partial charge in [-0.15, -0.1) is 0 Å².